The molecule has 2 aromatic rings. The van der Waals surface area contributed by atoms with Gasteiger partial charge in [0, 0.05) is 10.9 Å². The fourth-order valence-corrected chi connectivity index (χ4v) is 1.54. The summed E-state index contributed by atoms with van der Waals surface area (Å²) < 4.78 is 0.929. The average Bonchev–Trinajstić information content (AvgIpc) is 2.27. The Balaban J connectivity index is 2.82. The summed E-state index contributed by atoms with van der Waals surface area (Å²) in [7, 11) is 0. The van der Waals surface area contributed by atoms with E-state index in [4.69, 9.17) is 5.11 Å². The van der Waals surface area contributed by atoms with Gasteiger partial charge < -0.3 is 10.1 Å². The summed E-state index contributed by atoms with van der Waals surface area (Å²) in [6, 6.07) is 7.15. The molecule has 3 heteroatoms. The summed E-state index contributed by atoms with van der Waals surface area (Å²) in [6.07, 6.45) is 0. The highest BCUT2D eigenvalue weighted by atomic mass is 79.9. The average molecular weight is 212 g/mol. The van der Waals surface area contributed by atoms with Gasteiger partial charge in [-0.1, -0.05) is 0 Å². The summed E-state index contributed by atoms with van der Waals surface area (Å²) in [5.74, 6) is 0.295. The molecule has 0 radical (unpaired) electrons. The Kier molecular flexibility index (Phi) is 1.39. The lowest BCUT2D eigenvalue weighted by atomic mass is 10.2. The third-order valence-electron chi connectivity index (χ3n) is 1.57. The Hall–Kier alpha value is -0.960. The van der Waals surface area contributed by atoms with Crippen LogP contribution >= 0.6 is 15.9 Å². The zero-order valence-corrected chi connectivity index (χ0v) is 7.22. The molecule has 0 spiro atoms. The van der Waals surface area contributed by atoms with Gasteiger partial charge in [-0.05, 0) is 40.2 Å². The minimum absolute atomic E-state index is 0.295. The molecule has 0 saturated heterocycles. The van der Waals surface area contributed by atoms with Crippen LogP contribution in [-0.4, -0.2) is 10.1 Å². The van der Waals surface area contributed by atoms with Gasteiger partial charge in [0.05, 0.1) is 4.60 Å². The fourth-order valence-electron chi connectivity index (χ4n) is 1.08. The number of benzene rings is 1. The molecular weight excluding hydrogens is 206 g/mol. The maximum absolute atomic E-state index is 9.11. The van der Waals surface area contributed by atoms with Crippen molar-refractivity contribution in [3.63, 3.8) is 0 Å². The van der Waals surface area contributed by atoms with Crippen molar-refractivity contribution in [1.82, 2.24) is 4.98 Å². The Bertz CT molecular complexity index is 394. The molecule has 1 aromatic carbocycles. The van der Waals surface area contributed by atoms with Gasteiger partial charge in [-0.3, -0.25) is 0 Å². The molecule has 1 aromatic heterocycles. The summed E-state index contributed by atoms with van der Waals surface area (Å²) in [6.45, 7) is 0. The van der Waals surface area contributed by atoms with Crippen molar-refractivity contribution < 1.29 is 5.11 Å². The summed E-state index contributed by atoms with van der Waals surface area (Å²) in [4.78, 5) is 3.09. The summed E-state index contributed by atoms with van der Waals surface area (Å²) in [5.41, 5.74) is 1.02. The molecule has 0 bridgehead atoms. The first-order valence-corrected chi connectivity index (χ1v) is 4.02. The molecule has 2 nitrogen and oxygen atoms in total. The number of halogens is 1. The van der Waals surface area contributed by atoms with E-state index >= 15 is 0 Å². The Labute approximate surface area is 72.0 Å². The second-order valence-electron chi connectivity index (χ2n) is 2.39. The number of nitrogens with one attached hydrogen (secondary N) is 1. The highest BCUT2D eigenvalue weighted by Crippen LogP contribution is 2.22. The number of hydrogen-bond donors (Lipinski definition) is 2. The van der Waals surface area contributed by atoms with Gasteiger partial charge in [-0.15, -0.1) is 0 Å². The molecule has 0 fully saturated rings. The van der Waals surface area contributed by atoms with Crippen molar-refractivity contribution in [3.05, 3.63) is 28.9 Å². The maximum Gasteiger partial charge on any atom is 0.116 e. The monoisotopic (exact) mass is 211 g/mol. The van der Waals surface area contributed by atoms with Crippen LogP contribution in [0.1, 0.15) is 0 Å². The van der Waals surface area contributed by atoms with E-state index in [1.165, 1.54) is 0 Å². The van der Waals surface area contributed by atoms with Crippen molar-refractivity contribution in [2.45, 2.75) is 0 Å². The standard InChI is InChI=1S/C8H6BrNO/c9-8-4-5-3-6(11)1-2-7(5)10-8/h1-4,10-11H. The van der Waals surface area contributed by atoms with E-state index in [0.717, 1.165) is 15.5 Å². The predicted octanol–water partition coefficient (Wildman–Crippen LogP) is 2.64. The zero-order valence-electron chi connectivity index (χ0n) is 5.63. The van der Waals surface area contributed by atoms with E-state index in [1.807, 2.05) is 12.1 Å². The number of aromatic amines is 1. The quantitative estimate of drug-likeness (QED) is 0.691. The minimum Gasteiger partial charge on any atom is -0.508 e. The van der Waals surface area contributed by atoms with Crippen LogP contribution < -0.4 is 0 Å². The van der Waals surface area contributed by atoms with E-state index in [0.29, 0.717) is 5.75 Å². The molecular formula is C8H6BrNO. The van der Waals surface area contributed by atoms with Crippen molar-refractivity contribution in [1.29, 1.82) is 0 Å². The number of phenolic OH excluding ortho intramolecular Hbond substituents is 1. The van der Waals surface area contributed by atoms with Crippen LogP contribution in [0, 0.1) is 0 Å². The molecule has 0 atom stereocenters. The lowest BCUT2D eigenvalue weighted by Crippen LogP contribution is -1.66. The third kappa shape index (κ3) is 1.12. The second-order valence-corrected chi connectivity index (χ2v) is 3.24. The molecule has 0 saturated carbocycles. The first-order valence-electron chi connectivity index (χ1n) is 3.23. The Morgan fingerprint density at radius 2 is 2.09 bits per heavy atom. The van der Waals surface area contributed by atoms with Gasteiger partial charge in [0.15, 0.2) is 0 Å². The minimum atomic E-state index is 0.295. The van der Waals surface area contributed by atoms with Gasteiger partial charge in [-0.25, -0.2) is 0 Å². The highest BCUT2D eigenvalue weighted by molar-refractivity contribution is 9.10. The second kappa shape index (κ2) is 2.27. The van der Waals surface area contributed by atoms with E-state index < -0.39 is 0 Å². The van der Waals surface area contributed by atoms with Gasteiger partial charge in [-0.2, -0.15) is 0 Å². The van der Waals surface area contributed by atoms with E-state index in [9.17, 15) is 0 Å². The Morgan fingerprint density at radius 3 is 2.91 bits per heavy atom. The van der Waals surface area contributed by atoms with Crippen LogP contribution in [0.15, 0.2) is 28.9 Å². The smallest absolute Gasteiger partial charge is 0.116 e. The van der Waals surface area contributed by atoms with E-state index in [-0.39, 0.29) is 0 Å². The summed E-state index contributed by atoms with van der Waals surface area (Å²) >= 11 is 3.31. The van der Waals surface area contributed by atoms with Crippen molar-refractivity contribution >= 4 is 26.8 Å². The first kappa shape index (κ1) is 6.73. The number of phenols is 1. The molecule has 0 aliphatic heterocycles. The molecule has 56 valence electrons. The van der Waals surface area contributed by atoms with E-state index in [1.54, 1.807) is 12.1 Å². The van der Waals surface area contributed by atoms with Crippen molar-refractivity contribution in [2.24, 2.45) is 0 Å². The van der Waals surface area contributed by atoms with Gasteiger partial charge in [0.1, 0.15) is 5.75 Å². The zero-order chi connectivity index (χ0) is 7.84. The number of fused-ring (bicyclic) bond motifs is 1. The third-order valence-corrected chi connectivity index (χ3v) is 2.00. The Morgan fingerprint density at radius 1 is 1.27 bits per heavy atom. The lowest BCUT2D eigenvalue weighted by molar-refractivity contribution is 0.476. The molecule has 0 unspecified atom stereocenters. The molecule has 0 aliphatic rings. The number of aromatic nitrogens is 1. The predicted molar refractivity (Wildman–Crippen MR) is 47.7 cm³/mol. The maximum atomic E-state index is 9.11. The summed E-state index contributed by atoms with van der Waals surface area (Å²) in [5, 5.41) is 10.1. The SMILES string of the molecule is Oc1ccc2[nH]c(Br)cc2c1. The van der Waals surface area contributed by atoms with E-state index in [2.05, 4.69) is 20.9 Å². The number of H-pyrrole nitrogens is 1. The van der Waals surface area contributed by atoms with Crippen LogP contribution in [0.5, 0.6) is 5.75 Å². The topological polar surface area (TPSA) is 36.0 Å². The van der Waals surface area contributed by atoms with Crippen LogP contribution in [0.4, 0.5) is 0 Å². The molecule has 1 heterocycles. The van der Waals surface area contributed by atoms with Gasteiger partial charge in [0.2, 0.25) is 0 Å². The first-order chi connectivity index (χ1) is 5.25. The lowest BCUT2D eigenvalue weighted by Gasteiger charge is -1.89. The van der Waals surface area contributed by atoms with Crippen LogP contribution in [0.3, 0.4) is 0 Å². The molecule has 0 amide bonds. The number of rotatable bonds is 0. The molecule has 2 N–H and O–H groups in total. The highest BCUT2D eigenvalue weighted by Gasteiger charge is 1.97. The van der Waals surface area contributed by atoms with Crippen molar-refractivity contribution in [3.8, 4) is 5.75 Å². The number of hydrogen-bond acceptors (Lipinski definition) is 1. The van der Waals surface area contributed by atoms with Gasteiger partial charge in [0.25, 0.3) is 0 Å². The van der Waals surface area contributed by atoms with Crippen molar-refractivity contribution in [2.75, 3.05) is 0 Å². The largest absolute Gasteiger partial charge is 0.508 e. The fraction of sp³-hybridized carbons (Fsp3) is 0. The molecule has 2 rings (SSSR count). The molecule has 11 heavy (non-hydrogen) atoms. The van der Waals surface area contributed by atoms with Gasteiger partial charge >= 0.3 is 0 Å². The molecule has 0 aliphatic carbocycles. The van der Waals surface area contributed by atoms with Crippen LogP contribution in [0.2, 0.25) is 0 Å². The normalized spacial score (nSPS) is 10.6. The number of aromatic hydroxyl groups is 1. The van der Waals surface area contributed by atoms with Crippen LogP contribution in [-0.2, 0) is 0 Å². The van der Waals surface area contributed by atoms with Crippen LogP contribution in [0.25, 0.3) is 10.9 Å².